The van der Waals surface area contributed by atoms with Crippen LogP contribution in [-0.4, -0.2) is 36.1 Å². The molecule has 3 nitrogen and oxygen atoms in total. The molecule has 0 aromatic carbocycles. The second kappa shape index (κ2) is 5.22. The van der Waals surface area contributed by atoms with E-state index in [1.54, 1.807) is 0 Å². The number of hydrogen-bond acceptors (Lipinski definition) is 3. The Morgan fingerprint density at radius 1 is 1.31 bits per heavy atom. The summed E-state index contributed by atoms with van der Waals surface area (Å²) in [6, 6.07) is 0. The first-order valence-corrected chi connectivity index (χ1v) is 4.82. The van der Waals surface area contributed by atoms with Crippen molar-refractivity contribution in [1.82, 2.24) is 4.90 Å². The molecule has 0 aliphatic rings. The molecule has 0 atom stereocenters. The molecule has 13 heavy (non-hydrogen) atoms. The summed E-state index contributed by atoms with van der Waals surface area (Å²) in [7, 11) is 0. The third kappa shape index (κ3) is 4.88. The fourth-order valence-electron chi connectivity index (χ4n) is 1.19. The van der Waals surface area contributed by atoms with Crippen LogP contribution in [0, 0.1) is 0 Å². The van der Waals surface area contributed by atoms with Crippen LogP contribution in [0.4, 0.5) is 0 Å². The maximum atomic E-state index is 11.2. The topological polar surface area (TPSA) is 29.5 Å². The van der Waals surface area contributed by atoms with Gasteiger partial charge in [0.05, 0.1) is 13.2 Å². The van der Waals surface area contributed by atoms with Crippen molar-refractivity contribution in [2.75, 3.05) is 19.7 Å². The van der Waals surface area contributed by atoms with E-state index in [1.807, 2.05) is 13.8 Å². The maximum Gasteiger partial charge on any atom is 0.320 e. The van der Waals surface area contributed by atoms with E-state index < -0.39 is 0 Å². The summed E-state index contributed by atoms with van der Waals surface area (Å²) in [5.74, 6) is -0.140. The van der Waals surface area contributed by atoms with Crippen molar-refractivity contribution in [2.45, 2.75) is 40.2 Å². The Morgan fingerprint density at radius 2 is 1.85 bits per heavy atom. The number of likely N-dealkylation sites (N-methyl/N-ethyl adjacent to an activating group) is 1. The van der Waals surface area contributed by atoms with Crippen LogP contribution in [0.15, 0.2) is 0 Å². The largest absolute Gasteiger partial charge is 0.465 e. The van der Waals surface area contributed by atoms with Gasteiger partial charge in [-0.2, -0.15) is 0 Å². The summed E-state index contributed by atoms with van der Waals surface area (Å²) in [6.07, 6.45) is 0. The van der Waals surface area contributed by atoms with Crippen LogP contribution in [0.5, 0.6) is 0 Å². The quantitative estimate of drug-likeness (QED) is 0.627. The van der Waals surface area contributed by atoms with Gasteiger partial charge in [-0.1, -0.05) is 6.92 Å². The van der Waals surface area contributed by atoms with Gasteiger partial charge in [0.1, 0.15) is 0 Å². The molecule has 0 bridgehead atoms. The van der Waals surface area contributed by atoms with Crippen molar-refractivity contribution in [3.05, 3.63) is 0 Å². The van der Waals surface area contributed by atoms with Crippen LogP contribution in [0.1, 0.15) is 34.6 Å². The summed E-state index contributed by atoms with van der Waals surface area (Å²) in [5.41, 5.74) is 0.0293. The molecular weight excluding hydrogens is 166 g/mol. The van der Waals surface area contributed by atoms with E-state index in [2.05, 4.69) is 25.7 Å². The predicted molar refractivity (Wildman–Crippen MR) is 53.6 cm³/mol. The van der Waals surface area contributed by atoms with E-state index in [0.29, 0.717) is 13.2 Å². The summed E-state index contributed by atoms with van der Waals surface area (Å²) in [6.45, 7) is 11.9. The highest BCUT2D eigenvalue weighted by molar-refractivity contribution is 5.71. The molecule has 0 spiro atoms. The number of carbonyl (C=O) groups is 1. The zero-order chi connectivity index (χ0) is 10.5. The first kappa shape index (κ1) is 12.4. The Balaban J connectivity index is 4.06. The fraction of sp³-hybridized carbons (Fsp3) is 0.900. The SMILES string of the molecule is CCOC(=O)CN(CC)C(C)(C)C. The van der Waals surface area contributed by atoms with Crippen molar-refractivity contribution in [1.29, 1.82) is 0 Å². The molecule has 0 radical (unpaired) electrons. The Morgan fingerprint density at radius 3 is 2.15 bits per heavy atom. The van der Waals surface area contributed by atoms with E-state index in [9.17, 15) is 4.79 Å². The maximum absolute atomic E-state index is 11.2. The van der Waals surface area contributed by atoms with E-state index >= 15 is 0 Å². The van der Waals surface area contributed by atoms with Crippen LogP contribution in [0.2, 0.25) is 0 Å². The van der Waals surface area contributed by atoms with Gasteiger partial charge >= 0.3 is 5.97 Å². The smallest absolute Gasteiger partial charge is 0.320 e. The summed E-state index contributed by atoms with van der Waals surface area (Å²) in [4.78, 5) is 13.3. The highest BCUT2D eigenvalue weighted by atomic mass is 16.5. The van der Waals surface area contributed by atoms with Gasteiger partial charge in [-0.05, 0) is 34.2 Å². The van der Waals surface area contributed by atoms with E-state index in [0.717, 1.165) is 6.54 Å². The van der Waals surface area contributed by atoms with Crippen molar-refractivity contribution < 1.29 is 9.53 Å². The number of carbonyl (C=O) groups excluding carboxylic acids is 1. The van der Waals surface area contributed by atoms with Crippen molar-refractivity contribution in [3.63, 3.8) is 0 Å². The number of ether oxygens (including phenoxy) is 1. The molecule has 3 heteroatoms. The van der Waals surface area contributed by atoms with Gasteiger partial charge in [0.2, 0.25) is 0 Å². The number of esters is 1. The number of nitrogens with zero attached hydrogens (tertiary/aromatic N) is 1. The Kier molecular flexibility index (Phi) is 4.99. The van der Waals surface area contributed by atoms with E-state index in [1.165, 1.54) is 0 Å². The molecule has 0 heterocycles. The van der Waals surface area contributed by atoms with Crippen LogP contribution in [0.3, 0.4) is 0 Å². The molecule has 0 aromatic heterocycles. The zero-order valence-electron chi connectivity index (χ0n) is 9.39. The average Bonchev–Trinajstić information content (AvgIpc) is 1.98. The fourth-order valence-corrected chi connectivity index (χ4v) is 1.19. The third-order valence-electron chi connectivity index (χ3n) is 1.96. The monoisotopic (exact) mass is 187 g/mol. The molecular formula is C10H21NO2. The molecule has 0 rings (SSSR count). The minimum atomic E-state index is -0.140. The first-order chi connectivity index (χ1) is 5.91. The van der Waals surface area contributed by atoms with Crippen LogP contribution in [-0.2, 0) is 9.53 Å². The lowest BCUT2D eigenvalue weighted by Gasteiger charge is -2.33. The third-order valence-corrected chi connectivity index (χ3v) is 1.96. The van der Waals surface area contributed by atoms with E-state index in [-0.39, 0.29) is 11.5 Å². The minimum absolute atomic E-state index is 0.0293. The van der Waals surface area contributed by atoms with Crippen LogP contribution in [0.25, 0.3) is 0 Å². The number of hydrogen-bond donors (Lipinski definition) is 0. The van der Waals surface area contributed by atoms with Gasteiger partial charge in [0, 0.05) is 5.54 Å². The lowest BCUT2D eigenvalue weighted by Crippen LogP contribution is -2.44. The summed E-state index contributed by atoms with van der Waals surface area (Å²) < 4.78 is 4.89. The van der Waals surface area contributed by atoms with Gasteiger partial charge in [0.15, 0.2) is 0 Å². The number of rotatable bonds is 4. The van der Waals surface area contributed by atoms with E-state index in [4.69, 9.17) is 4.74 Å². The Bertz CT molecular complexity index is 161. The lowest BCUT2D eigenvalue weighted by molar-refractivity contribution is -0.145. The van der Waals surface area contributed by atoms with Crippen molar-refractivity contribution >= 4 is 5.97 Å². The first-order valence-electron chi connectivity index (χ1n) is 4.82. The molecule has 0 aromatic rings. The zero-order valence-corrected chi connectivity index (χ0v) is 9.39. The normalized spacial score (nSPS) is 11.8. The second-order valence-electron chi connectivity index (χ2n) is 3.99. The lowest BCUT2D eigenvalue weighted by atomic mass is 10.1. The standard InChI is InChI=1S/C10H21NO2/c1-6-11(10(3,4)5)8-9(12)13-7-2/h6-8H2,1-5H3. The van der Waals surface area contributed by atoms with Gasteiger partial charge in [-0.3, -0.25) is 9.69 Å². The molecule has 0 amide bonds. The van der Waals surface area contributed by atoms with Crippen LogP contribution >= 0.6 is 0 Å². The van der Waals surface area contributed by atoms with Crippen LogP contribution < -0.4 is 0 Å². The van der Waals surface area contributed by atoms with Gasteiger partial charge in [-0.25, -0.2) is 0 Å². The molecule has 0 fully saturated rings. The highest BCUT2D eigenvalue weighted by Crippen LogP contribution is 2.11. The molecule has 0 aliphatic heterocycles. The van der Waals surface area contributed by atoms with Crippen molar-refractivity contribution in [3.8, 4) is 0 Å². The van der Waals surface area contributed by atoms with Gasteiger partial charge in [0.25, 0.3) is 0 Å². The highest BCUT2D eigenvalue weighted by Gasteiger charge is 2.22. The van der Waals surface area contributed by atoms with Gasteiger partial charge in [-0.15, -0.1) is 0 Å². The Labute approximate surface area is 81.1 Å². The molecule has 0 saturated carbocycles. The average molecular weight is 187 g/mol. The minimum Gasteiger partial charge on any atom is -0.465 e. The summed E-state index contributed by atoms with van der Waals surface area (Å²) >= 11 is 0. The van der Waals surface area contributed by atoms with Gasteiger partial charge < -0.3 is 4.74 Å². The molecule has 78 valence electrons. The summed E-state index contributed by atoms with van der Waals surface area (Å²) in [5, 5.41) is 0. The second-order valence-corrected chi connectivity index (χ2v) is 3.99. The molecule has 0 N–H and O–H groups in total. The molecule has 0 unspecified atom stereocenters. The Hall–Kier alpha value is -0.570. The van der Waals surface area contributed by atoms with Crippen molar-refractivity contribution in [2.24, 2.45) is 0 Å². The molecule has 0 saturated heterocycles. The molecule has 0 aliphatic carbocycles. The predicted octanol–water partition coefficient (Wildman–Crippen LogP) is 1.67.